The van der Waals surface area contributed by atoms with Gasteiger partial charge >= 0.3 is 12.1 Å². The summed E-state index contributed by atoms with van der Waals surface area (Å²) in [6.07, 6.45) is -3.49. The van der Waals surface area contributed by atoms with Crippen molar-refractivity contribution >= 4 is 23.2 Å². The molecule has 0 unspecified atom stereocenters. The van der Waals surface area contributed by atoms with E-state index in [1.165, 1.54) is 22.4 Å². The molecule has 5 nitrogen and oxygen atoms in total. The SMILES string of the molecule is O=C(O)[C@@H]1CCCN1C(=O)c1csc(-c2cccc(C(F)(F)F)c2)n1. The lowest BCUT2D eigenvalue weighted by Gasteiger charge is -2.20. The highest BCUT2D eigenvalue weighted by Crippen LogP contribution is 2.33. The first kappa shape index (κ1) is 17.4. The van der Waals surface area contributed by atoms with E-state index in [-0.39, 0.29) is 16.3 Å². The number of aliphatic carboxylic acids is 1. The predicted molar refractivity (Wildman–Crippen MR) is 84.2 cm³/mol. The third kappa shape index (κ3) is 3.51. The minimum atomic E-state index is -4.46. The Balaban J connectivity index is 1.86. The number of carboxylic acids is 1. The average Bonchev–Trinajstić information content (AvgIpc) is 3.23. The highest BCUT2D eigenvalue weighted by molar-refractivity contribution is 7.13. The van der Waals surface area contributed by atoms with Crippen molar-refractivity contribution in [3.63, 3.8) is 0 Å². The third-order valence-electron chi connectivity index (χ3n) is 3.96. The van der Waals surface area contributed by atoms with Crippen molar-refractivity contribution in [3.8, 4) is 10.6 Å². The zero-order chi connectivity index (χ0) is 18.2. The van der Waals surface area contributed by atoms with E-state index in [2.05, 4.69) is 4.98 Å². The van der Waals surface area contributed by atoms with Gasteiger partial charge in [0.25, 0.3) is 5.91 Å². The summed E-state index contributed by atoms with van der Waals surface area (Å²) in [7, 11) is 0. The van der Waals surface area contributed by atoms with Crippen molar-refractivity contribution in [2.75, 3.05) is 6.54 Å². The maximum absolute atomic E-state index is 12.8. The minimum absolute atomic E-state index is 0.0468. The van der Waals surface area contributed by atoms with Crippen LogP contribution in [0.2, 0.25) is 0 Å². The molecule has 0 spiro atoms. The number of aromatic nitrogens is 1. The molecule has 1 saturated heterocycles. The van der Waals surface area contributed by atoms with Gasteiger partial charge in [-0.05, 0) is 25.0 Å². The van der Waals surface area contributed by atoms with Crippen LogP contribution >= 0.6 is 11.3 Å². The highest BCUT2D eigenvalue weighted by atomic mass is 32.1. The Bertz CT molecular complexity index is 819. The number of thiazole rings is 1. The van der Waals surface area contributed by atoms with Crippen LogP contribution in [0.25, 0.3) is 10.6 Å². The van der Waals surface area contributed by atoms with E-state index in [1.807, 2.05) is 0 Å². The van der Waals surface area contributed by atoms with Gasteiger partial charge in [-0.25, -0.2) is 9.78 Å². The van der Waals surface area contributed by atoms with Crippen LogP contribution in [0, 0.1) is 0 Å². The topological polar surface area (TPSA) is 70.5 Å². The number of nitrogens with zero attached hydrogens (tertiary/aromatic N) is 2. The van der Waals surface area contributed by atoms with E-state index >= 15 is 0 Å². The Labute approximate surface area is 144 Å². The molecule has 25 heavy (non-hydrogen) atoms. The van der Waals surface area contributed by atoms with Crippen molar-refractivity contribution in [1.82, 2.24) is 9.88 Å². The first-order valence-electron chi connectivity index (χ1n) is 7.44. The fourth-order valence-corrected chi connectivity index (χ4v) is 3.54. The molecule has 3 rings (SSSR count). The molecule has 1 aromatic heterocycles. The number of rotatable bonds is 3. The second-order valence-corrected chi connectivity index (χ2v) is 6.47. The van der Waals surface area contributed by atoms with Crippen LogP contribution in [-0.4, -0.2) is 39.5 Å². The first-order valence-corrected chi connectivity index (χ1v) is 8.32. The van der Waals surface area contributed by atoms with Crippen molar-refractivity contribution in [2.24, 2.45) is 0 Å². The molecule has 132 valence electrons. The molecule has 1 N–H and O–H groups in total. The third-order valence-corrected chi connectivity index (χ3v) is 4.85. The summed E-state index contributed by atoms with van der Waals surface area (Å²) in [6, 6.07) is 3.82. The monoisotopic (exact) mass is 370 g/mol. The smallest absolute Gasteiger partial charge is 0.416 e. The molecule has 0 bridgehead atoms. The lowest BCUT2D eigenvalue weighted by molar-refractivity contribution is -0.141. The van der Waals surface area contributed by atoms with Crippen LogP contribution in [0.4, 0.5) is 13.2 Å². The summed E-state index contributed by atoms with van der Waals surface area (Å²) >= 11 is 1.05. The van der Waals surface area contributed by atoms with Crippen molar-refractivity contribution in [1.29, 1.82) is 0 Å². The molecule has 1 amide bonds. The predicted octanol–water partition coefficient (Wildman–Crippen LogP) is 3.52. The number of hydrogen-bond donors (Lipinski definition) is 1. The number of hydrogen-bond acceptors (Lipinski definition) is 4. The highest BCUT2D eigenvalue weighted by Gasteiger charge is 2.35. The average molecular weight is 370 g/mol. The van der Waals surface area contributed by atoms with Gasteiger partial charge in [0.2, 0.25) is 0 Å². The van der Waals surface area contributed by atoms with Gasteiger partial charge in [0.05, 0.1) is 5.56 Å². The van der Waals surface area contributed by atoms with Gasteiger partial charge in [0.15, 0.2) is 0 Å². The fourth-order valence-electron chi connectivity index (χ4n) is 2.75. The molecular weight excluding hydrogens is 357 g/mol. The Morgan fingerprint density at radius 2 is 2.08 bits per heavy atom. The minimum Gasteiger partial charge on any atom is -0.480 e. The van der Waals surface area contributed by atoms with Gasteiger partial charge in [0.1, 0.15) is 16.7 Å². The molecule has 2 heterocycles. The summed E-state index contributed by atoms with van der Waals surface area (Å²) in [4.78, 5) is 29.0. The Kier molecular flexibility index (Phi) is 4.51. The lowest BCUT2D eigenvalue weighted by atomic mass is 10.1. The molecule has 2 aromatic rings. The second kappa shape index (κ2) is 6.47. The van der Waals surface area contributed by atoms with Crippen LogP contribution in [0.1, 0.15) is 28.9 Å². The normalized spacial score (nSPS) is 17.7. The Morgan fingerprint density at radius 3 is 2.76 bits per heavy atom. The lowest BCUT2D eigenvalue weighted by Crippen LogP contribution is -2.40. The van der Waals surface area contributed by atoms with E-state index in [1.54, 1.807) is 0 Å². The maximum Gasteiger partial charge on any atom is 0.416 e. The molecule has 1 atom stereocenters. The van der Waals surface area contributed by atoms with Crippen LogP contribution in [0.5, 0.6) is 0 Å². The fraction of sp³-hybridized carbons (Fsp3) is 0.312. The van der Waals surface area contributed by atoms with Crippen molar-refractivity contribution in [3.05, 3.63) is 40.9 Å². The molecule has 9 heteroatoms. The standard InChI is InChI=1S/C16H13F3N2O3S/c17-16(18,19)10-4-1-3-9(7-10)13-20-11(8-25-13)14(22)21-6-2-5-12(21)15(23)24/h1,3-4,7-8,12H,2,5-6H2,(H,23,24)/t12-/m0/s1. The maximum atomic E-state index is 12.8. The summed E-state index contributed by atoms with van der Waals surface area (Å²) in [5, 5.41) is 10.9. The summed E-state index contributed by atoms with van der Waals surface area (Å²) in [6.45, 7) is 0.326. The second-order valence-electron chi connectivity index (χ2n) is 5.61. The van der Waals surface area contributed by atoms with Gasteiger partial charge in [-0.15, -0.1) is 11.3 Å². The zero-order valence-electron chi connectivity index (χ0n) is 12.8. The number of carbonyl (C=O) groups excluding carboxylic acids is 1. The quantitative estimate of drug-likeness (QED) is 0.898. The van der Waals surface area contributed by atoms with E-state index in [0.717, 1.165) is 23.5 Å². The number of carbonyl (C=O) groups is 2. The summed E-state index contributed by atoms with van der Waals surface area (Å²) in [5.74, 6) is -1.58. The van der Waals surface area contributed by atoms with Gasteiger partial charge in [-0.1, -0.05) is 12.1 Å². The number of alkyl halides is 3. The number of benzene rings is 1. The van der Waals surface area contributed by atoms with E-state index in [9.17, 15) is 22.8 Å². The molecule has 1 aliphatic heterocycles. The largest absolute Gasteiger partial charge is 0.480 e. The van der Waals surface area contributed by atoms with Crippen LogP contribution in [0.15, 0.2) is 29.6 Å². The molecule has 0 radical (unpaired) electrons. The van der Waals surface area contributed by atoms with Gasteiger partial charge < -0.3 is 10.0 Å². The van der Waals surface area contributed by atoms with E-state index in [0.29, 0.717) is 19.4 Å². The number of likely N-dealkylation sites (tertiary alicyclic amines) is 1. The van der Waals surface area contributed by atoms with E-state index in [4.69, 9.17) is 5.11 Å². The van der Waals surface area contributed by atoms with E-state index < -0.39 is 29.7 Å². The van der Waals surface area contributed by atoms with Crippen LogP contribution in [-0.2, 0) is 11.0 Å². The number of amides is 1. The summed E-state index contributed by atoms with van der Waals surface area (Å²) in [5.41, 5.74) is -0.487. The van der Waals surface area contributed by atoms with Gasteiger partial charge in [-0.3, -0.25) is 4.79 Å². The number of halogens is 3. The zero-order valence-corrected chi connectivity index (χ0v) is 13.6. The number of carboxylic acid groups (broad SMARTS) is 1. The molecule has 1 aromatic carbocycles. The van der Waals surface area contributed by atoms with Crippen molar-refractivity contribution in [2.45, 2.75) is 25.1 Å². The van der Waals surface area contributed by atoms with Crippen LogP contribution < -0.4 is 0 Å². The molecule has 1 aliphatic rings. The summed E-state index contributed by atoms with van der Waals surface area (Å²) < 4.78 is 38.4. The molecular formula is C16H13F3N2O3S. The van der Waals surface area contributed by atoms with Gasteiger partial charge in [0, 0.05) is 17.5 Å². The molecule has 0 saturated carbocycles. The van der Waals surface area contributed by atoms with Gasteiger partial charge in [-0.2, -0.15) is 13.2 Å². The van der Waals surface area contributed by atoms with Crippen LogP contribution in [0.3, 0.4) is 0 Å². The first-order chi connectivity index (χ1) is 11.8. The molecule has 0 aliphatic carbocycles. The van der Waals surface area contributed by atoms with Crippen molar-refractivity contribution < 1.29 is 27.9 Å². The Hall–Kier alpha value is -2.42. The molecule has 1 fully saturated rings. The Morgan fingerprint density at radius 1 is 1.32 bits per heavy atom.